The summed E-state index contributed by atoms with van der Waals surface area (Å²) in [6.07, 6.45) is 5.36. The Morgan fingerprint density at radius 1 is 1.26 bits per heavy atom. The number of nitrogens with one attached hydrogen (secondary N) is 1. The molecular weight excluding hydrogens is 344 g/mol. The second kappa shape index (κ2) is 7.02. The molecule has 0 saturated carbocycles. The Kier molecular flexibility index (Phi) is 5.06. The van der Waals surface area contributed by atoms with Gasteiger partial charge in [-0.15, -0.1) is 0 Å². The number of carbonyl (C=O) groups is 2. The van der Waals surface area contributed by atoms with Crippen molar-refractivity contribution in [2.45, 2.75) is 65.0 Å². The molecular formula is C20H30N4O3. The van der Waals surface area contributed by atoms with Crippen LogP contribution in [0.25, 0.3) is 0 Å². The quantitative estimate of drug-likeness (QED) is 0.767. The molecule has 0 aromatic carbocycles. The Bertz CT molecular complexity index is 752. The zero-order valence-electron chi connectivity index (χ0n) is 17.0. The number of hydrogen-bond donors (Lipinski definition) is 1. The Balaban J connectivity index is 1.86. The number of ether oxygens (including phenoxy) is 1. The average Bonchev–Trinajstić information content (AvgIpc) is 3.10. The second-order valence-electron chi connectivity index (χ2n) is 8.41. The van der Waals surface area contributed by atoms with Gasteiger partial charge in [0.1, 0.15) is 5.60 Å². The minimum absolute atomic E-state index is 0.0527. The van der Waals surface area contributed by atoms with Crippen molar-refractivity contribution in [3.63, 3.8) is 0 Å². The maximum absolute atomic E-state index is 13.1. The van der Waals surface area contributed by atoms with Gasteiger partial charge in [0.15, 0.2) is 0 Å². The van der Waals surface area contributed by atoms with E-state index < -0.39 is 11.1 Å². The number of rotatable bonds is 1. The van der Waals surface area contributed by atoms with Gasteiger partial charge in [-0.2, -0.15) is 0 Å². The Hall–Kier alpha value is -2.31. The molecule has 0 unspecified atom stereocenters. The number of piperidine rings is 1. The number of hydrogen-bond acceptors (Lipinski definition) is 4. The zero-order valence-corrected chi connectivity index (χ0v) is 17.0. The first-order valence-electron chi connectivity index (χ1n) is 9.63. The first kappa shape index (κ1) is 19.5. The first-order valence-corrected chi connectivity index (χ1v) is 9.63. The van der Waals surface area contributed by atoms with E-state index in [4.69, 9.17) is 4.74 Å². The molecule has 7 nitrogen and oxygen atoms in total. The lowest BCUT2D eigenvalue weighted by atomic mass is 9.78. The number of likely N-dealkylation sites (tertiary alicyclic amines) is 1. The monoisotopic (exact) mass is 374 g/mol. The lowest BCUT2D eigenvalue weighted by molar-refractivity contribution is -0.137. The Morgan fingerprint density at radius 2 is 1.93 bits per heavy atom. The topological polar surface area (TPSA) is 78.5 Å². The number of fused-ring (bicyclic) bond motifs is 2. The molecule has 3 heterocycles. The van der Waals surface area contributed by atoms with Gasteiger partial charge in [-0.3, -0.25) is 4.79 Å². The van der Waals surface area contributed by atoms with Crippen LogP contribution < -0.4 is 0 Å². The van der Waals surface area contributed by atoms with E-state index in [0.29, 0.717) is 32.5 Å². The highest BCUT2D eigenvalue weighted by molar-refractivity contribution is 5.93. The van der Waals surface area contributed by atoms with Crippen molar-refractivity contribution < 1.29 is 14.3 Å². The first-order chi connectivity index (χ1) is 12.7. The van der Waals surface area contributed by atoms with Gasteiger partial charge in [-0.25, -0.2) is 9.78 Å². The largest absolute Gasteiger partial charge is 0.444 e. The van der Waals surface area contributed by atoms with Gasteiger partial charge >= 0.3 is 6.09 Å². The molecule has 0 aliphatic carbocycles. The van der Waals surface area contributed by atoms with Gasteiger partial charge in [0.2, 0.25) is 5.91 Å². The van der Waals surface area contributed by atoms with Crippen LogP contribution >= 0.6 is 0 Å². The summed E-state index contributed by atoms with van der Waals surface area (Å²) in [6, 6.07) is 0. The second-order valence-corrected chi connectivity index (χ2v) is 8.41. The molecule has 2 amide bonds. The van der Waals surface area contributed by atoms with Crippen molar-refractivity contribution in [2.75, 3.05) is 19.6 Å². The number of H-pyrrole nitrogens is 1. The van der Waals surface area contributed by atoms with Crippen molar-refractivity contribution in [1.29, 1.82) is 0 Å². The van der Waals surface area contributed by atoms with Crippen molar-refractivity contribution in [1.82, 2.24) is 19.8 Å². The van der Waals surface area contributed by atoms with Crippen molar-refractivity contribution in [3.8, 4) is 0 Å². The van der Waals surface area contributed by atoms with E-state index in [9.17, 15) is 9.59 Å². The number of aromatic nitrogens is 2. The van der Waals surface area contributed by atoms with Crippen LogP contribution in [0.5, 0.6) is 0 Å². The molecule has 1 spiro atoms. The predicted octanol–water partition coefficient (Wildman–Crippen LogP) is 2.99. The molecule has 148 valence electrons. The number of carbonyl (C=O) groups excluding carboxylic acids is 2. The van der Waals surface area contributed by atoms with Crippen molar-refractivity contribution in [3.05, 3.63) is 29.4 Å². The highest BCUT2D eigenvalue weighted by Gasteiger charge is 2.49. The molecule has 1 N–H and O–H groups in total. The van der Waals surface area contributed by atoms with E-state index in [1.165, 1.54) is 0 Å². The lowest BCUT2D eigenvalue weighted by Gasteiger charge is -2.50. The summed E-state index contributed by atoms with van der Waals surface area (Å²) in [6.45, 7) is 11.1. The van der Waals surface area contributed by atoms with Gasteiger partial charge in [-0.05, 0) is 47.5 Å². The van der Waals surface area contributed by atoms with Crippen molar-refractivity contribution >= 4 is 12.0 Å². The van der Waals surface area contributed by atoms with E-state index in [0.717, 1.165) is 23.4 Å². The number of nitrogens with zero attached hydrogens (tertiary/aromatic N) is 3. The molecule has 2 aliphatic heterocycles. The Labute approximate surface area is 160 Å². The highest BCUT2D eigenvalue weighted by atomic mass is 16.6. The summed E-state index contributed by atoms with van der Waals surface area (Å²) in [5.41, 5.74) is 1.81. The van der Waals surface area contributed by atoms with E-state index in [1.807, 2.05) is 45.6 Å². The molecule has 2 aliphatic rings. The minimum atomic E-state index is -0.516. The smallest absolute Gasteiger partial charge is 0.410 e. The summed E-state index contributed by atoms with van der Waals surface area (Å²) in [7, 11) is 0. The van der Waals surface area contributed by atoms with Gasteiger partial charge in [0, 0.05) is 37.3 Å². The maximum Gasteiger partial charge on any atom is 0.410 e. The van der Waals surface area contributed by atoms with E-state index >= 15 is 0 Å². The molecule has 0 radical (unpaired) electrons. The third kappa shape index (κ3) is 3.59. The van der Waals surface area contributed by atoms with Crippen LogP contribution in [-0.2, 0) is 21.5 Å². The molecule has 1 fully saturated rings. The third-order valence-corrected chi connectivity index (χ3v) is 5.52. The lowest BCUT2D eigenvalue weighted by Crippen LogP contribution is -2.59. The third-order valence-electron chi connectivity index (χ3n) is 5.52. The molecule has 0 atom stereocenters. The summed E-state index contributed by atoms with van der Waals surface area (Å²) >= 11 is 0. The molecule has 1 aromatic heterocycles. The molecule has 1 aromatic rings. The van der Waals surface area contributed by atoms with Gasteiger partial charge in [0.25, 0.3) is 0 Å². The predicted molar refractivity (Wildman–Crippen MR) is 102 cm³/mol. The standard InChI is InChI=1S/C20H30N4O3/c1-6-14(2)17(25)24-10-7-15-16(22-13-21-15)20(24)8-11-23(12-9-20)18(26)27-19(3,4)5/h6,13H,7-12H2,1-5H3,(H,21,22)/b14-6+. The molecule has 1 saturated heterocycles. The molecule has 7 heteroatoms. The summed E-state index contributed by atoms with van der Waals surface area (Å²) < 4.78 is 5.51. The fourth-order valence-electron chi connectivity index (χ4n) is 4.00. The van der Waals surface area contributed by atoms with Gasteiger partial charge < -0.3 is 19.5 Å². The van der Waals surface area contributed by atoms with Crippen LogP contribution in [0.15, 0.2) is 18.0 Å². The van der Waals surface area contributed by atoms with E-state index in [2.05, 4.69) is 9.97 Å². The molecule has 0 bridgehead atoms. The van der Waals surface area contributed by atoms with Gasteiger partial charge in [0.05, 0.1) is 17.6 Å². The maximum atomic E-state index is 13.1. The van der Waals surface area contributed by atoms with E-state index in [-0.39, 0.29) is 12.0 Å². The van der Waals surface area contributed by atoms with Crippen LogP contribution in [0.2, 0.25) is 0 Å². The van der Waals surface area contributed by atoms with Crippen LogP contribution in [0.3, 0.4) is 0 Å². The summed E-state index contributed by atoms with van der Waals surface area (Å²) in [5, 5.41) is 0. The molecule has 3 rings (SSSR count). The zero-order chi connectivity index (χ0) is 19.8. The Morgan fingerprint density at radius 3 is 2.52 bits per heavy atom. The summed E-state index contributed by atoms with van der Waals surface area (Å²) in [5.74, 6) is 0.0527. The highest BCUT2D eigenvalue weighted by Crippen LogP contribution is 2.43. The fourth-order valence-corrected chi connectivity index (χ4v) is 4.00. The van der Waals surface area contributed by atoms with Crippen LogP contribution in [0, 0.1) is 0 Å². The van der Waals surface area contributed by atoms with Crippen molar-refractivity contribution in [2.24, 2.45) is 0 Å². The SMILES string of the molecule is C/C=C(\C)C(=O)N1CCc2[nH]cnc2C12CCN(C(=O)OC(C)(C)C)CC2. The van der Waals surface area contributed by atoms with Crippen LogP contribution in [0.1, 0.15) is 58.8 Å². The minimum Gasteiger partial charge on any atom is -0.444 e. The molecule has 27 heavy (non-hydrogen) atoms. The normalized spacial score (nSPS) is 19.8. The number of amides is 2. The van der Waals surface area contributed by atoms with Crippen LogP contribution in [-0.4, -0.2) is 57.0 Å². The number of imidazole rings is 1. The summed E-state index contributed by atoms with van der Waals surface area (Å²) in [4.78, 5) is 37.0. The fraction of sp³-hybridized carbons (Fsp3) is 0.650. The van der Waals surface area contributed by atoms with Crippen LogP contribution in [0.4, 0.5) is 4.79 Å². The number of aromatic amines is 1. The average molecular weight is 374 g/mol. The van der Waals surface area contributed by atoms with Gasteiger partial charge in [-0.1, -0.05) is 6.08 Å². The van der Waals surface area contributed by atoms with E-state index in [1.54, 1.807) is 11.2 Å². The number of allylic oxidation sites excluding steroid dienone is 1.